The molecular formula is C19H20ClNO4. The Hall–Kier alpha value is -2.53. The zero-order chi connectivity index (χ0) is 18.2. The van der Waals surface area contributed by atoms with Crippen LogP contribution in [0.4, 0.5) is 0 Å². The number of para-hydroxylation sites is 1. The van der Waals surface area contributed by atoms with Crippen LogP contribution in [0.5, 0.6) is 5.75 Å². The van der Waals surface area contributed by atoms with Crippen LogP contribution < -0.4 is 10.1 Å². The fourth-order valence-corrected chi connectivity index (χ4v) is 2.72. The van der Waals surface area contributed by atoms with Gasteiger partial charge in [0.05, 0.1) is 20.0 Å². The van der Waals surface area contributed by atoms with Crippen LogP contribution in [0, 0.1) is 0 Å². The lowest BCUT2D eigenvalue weighted by Crippen LogP contribution is -2.39. The fourth-order valence-electron chi connectivity index (χ4n) is 2.59. The molecule has 2 N–H and O–H groups in total. The SMILES string of the molecule is COc1ccccc1CC(=O)N[C@H](CC(=O)O)Cc1ccc(Cl)cc1. The summed E-state index contributed by atoms with van der Waals surface area (Å²) in [6.07, 6.45) is 0.391. The average molecular weight is 362 g/mol. The van der Waals surface area contributed by atoms with Crippen LogP contribution in [-0.4, -0.2) is 30.1 Å². The van der Waals surface area contributed by atoms with E-state index < -0.39 is 12.0 Å². The number of halogens is 1. The van der Waals surface area contributed by atoms with E-state index in [0.717, 1.165) is 11.1 Å². The molecule has 1 amide bonds. The molecule has 2 rings (SSSR count). The summed E-state index contributed by atoms with van der Waals surface area (Å²) >= 11 is 5.86. The first-order valence-electron chi connectivity index (χ1n) is 7.85. The van der Waals surface area contributed by atoms with Gasteiger partial charge in [-0.1, -0.05) is 41.9 Å². The summed E-state index contributed by atoms with van der Waals surface area (Å²) in [6.45, 7) is 0. The number of benzene rings is 2. The van der Waals surface area contributed by atoms with Gasteiger partial charge in [0.1, 0.15) is 5.75 Å². The summed E-state index contributed by atoms with van der Waals surface area (Å²) in [7, 11) is 1.55. The number of hydrogen-bond donors (Lipinski definition) is 2. The molecule has 2 aromatic rings. The van der Waals surface area contributed by atoms with E-state index in [9.17, 15) is 9.59 Å². The van der Waals surface area contributed by atoms with Crippen LogP contribution in [0.1, 0.15) is 17.5 Å². The van der Waals surface area contributed by atoms with Gasteiger partial charge in [-0.25, -0.2) is 0 Å². The maximum atomic E-state index is 12.3. The standard InChI is InChI=1S/C19H20ClNO4/c1-25-17-5-3-2-4-14(17)11-18(22)21-16(12-19(23)24)10-13-6-8-15(20)9-7-13/h2-9,16H,10-12H2,1H3,(H,21,22)(H,23,24)/t16-/m0/s1. The Balaban J connectivity index is 2.03. The van der Waals surface area contributed by atoms with E-state index in [1.54, 1.807) is 25.3 Å². The van der Waals surface area contributed by atoms with Crippen molar-refractivity contribution in [2.75, 3.05) is 7.11 Å². The molecule has 0 aliphatic rings. The van der Waals surface area contributed by atoms with Crippen molar-refractivity contribution in [2.24, 2.45) is 0 Å². The maximum Gasteiger partial charge on any atom is 0.305 e. The predicted molar refractivity (Wildman–Crippen MR) is 96.0 cm³/mol. The minimum atomic E-state index is -0.962. The normalized spacial score (nSPS) is 11.6. The first kappa shape index (κ1) is 18.8. The molecule has 0 aliphatic carbocycles. The largest absolute Gasteiger partial charge is 0.496 e. The molecular weight excluding hydrogens is 342 g/mol. The summed E-state index contributed by atoms with van der Waals surface area (Å²) in [6, 6.07) is 13.9. The first-order chi connectivity index (χ1) is 12.0. The number of ether oxygens (including phenoxy) is 1. The first-order valence-corrected chi connectivity index (χ1v) is 8.23. The number of carbonyl (C=O) groups is 2. The van der Waals surface area contributed by atoms with Gasteiger partial charge >= 0.3 is 5.97 Å². The summed E-state index contributed by atoms with van der Waals surface area (Å²) in [5.41, 5.74) is 1.66. The highest BCUT2D eigenvalue weighted by atomic mass is 35.5. The molecule has 0 spiro atoms. The second kappa shape index (κ2) is 9.08. The lowest BCUT2D eigenvalue weighted by atomic mass is 10.0. The quantitative estimate of drug-likeness (QED) is 0.757. The monoisotopic (exact) mass is 361 g/mol. The van der Waals surface area contributed by atoms with Gasteiger partial charge in [0.15, 0.2) is 0 Å². The summed E-state index contributed by atoms with van der Waals surface area (Å²) in [4.78, 5) is 23.4. The second-order valence-corrected chi connectivity index (χ2v) is 6.12. The Morgan fingerprint density at radius 1 is 1.16 bits per heavy atom. The molecule has 0 aromatic heterocycles. The molecule has 0 unspecified atom stereocenters. The van der Waals surface area contributed by atoms with Gasteiger partial charge in [0.2, 0.25) is 5.91 Å². The van der Waals surface area contributed by atoms with Crippen LogP contribution in [0.3, 0.4) is 0 Å². The molecule has 0 saturated heterocycles. The summed E-state index contributed by atoms with van der Waals surface area (Å²) < 4.78 is 5.24. The van der Waals surface area contributed by atoms with Crippen LogP contribution in [0.15, 0.2) is 48.5 Å². The van der Waals surface area contributed by atoms with Gasteiger partial charge in [-0.2, -0.15) is 0 Å². The Labute approximate surface area is 151 Å². The van der Waals surface area contributed by atoms with E-state index in [1.165, 1.54) is 0 Å². The number of amides is 1. The number of hydrogen-bond acceptors (Lipinski definition) is 3. The molecule has 0 heterocycles. The van der Waals surface area contributed by atoms with Crippen molar-refractivity contribution in [3.8, 4) is 5.75 Å². The van der Waals surface area contributed by atoms with Gasteiger partial charge in [-0.05, 0) is 30.2 Å². The van der Waals surface area contributed by atoms with Crippen LogP contribution in [0.25, 0.3) is 0 Å². The maximum absolute atomic E-state index is 12.3. The van der Waals surface area contributed by atoms with Crippen LogP contribution in [0.2, 0.25) is 5.02 Å². The highest BCUT2D eigenvalue weighted by molar-refractivity contribution is 6.30. The number of nitrogens with one attached hydrogen (secondary N) is 1. The minimum Gasteiger partial charge on any atom is -0.496 e. The molecule has 2 aromatic carbocycles. The molecule has 0 aliphatic heterocycles. The molecule has 132 valence electrons. The topological polar surface area (TPSA) is 75.6 Å². The van der Waals surface area contributed by atoms with E-state index >= 15 is 0 Å². The van der Waals surface area contributed by atoms with Crippen molar-refractivity contribution in [2.45, 2.75) is 25.3 Å². The second-order valence-electron chi connectivity index (χ2n) is 5.68. The molecule has 5 nitrogen and oxygen atoms in total. The summed E-state index contributed by atoms with van der Waals surface area (Å²) in [5, 5.41) is 12.5. The van der Waals surface area contributed by atoms with E-state index in [-0.39, 0.29) is 18.7 Å². The predicted octanol–water partition coefficient (Wildman–Crippen LogP) is 3.09. The minimum absolute atomic E-state index is 0.126. The third kappa shape index (κ3) is 6.12. The number of aliphatic carboxylic acids is 1. The van der Waals surface area contributed by atoms with Gasteiger partial charge in [0, 0.05) is 16.6 Å². The third-order valence-corrected chi connectivity index (χ3v) is 3.98. The van der Waals surface area contributed by atoms with E-state index in [2.05, 4.69) is 5.32 Å². The van der Waals surface area contributed by atoms with Gasteiger partial charge in [-0.15, -0.1) is 0 Å². The van der Waals surface area contributed by atoms with Crippen molar-refractivity contribution < 1.29 is 19.4 Å². The molecule has 0 fully saturated rings. The van der Waals surface area contributed by atoms with Gasteiger partial charge in [-0.3, -0.25) is 9.59 Å². The van der Waals surface area contributed by atoms with Crippen molar-refractivity contribution >= 4 is 23.5 Å². The third-order valence-electron chi connectivity index (χ3n) is 3.73. The van der Waals surface area contributed by atoms with E-state index in [1.807, 2.05) is 30.3 Å². The smallest absolute Gasteiger partial charge is 0.305 e. The lowest BCUT2D eigenvalue weighted by Gasteiger charge is -2.18. The molecule has 6 heteroatoms. The van der Waals surface area contributed by atoms with Gasteiger partial charge in [0.25, 0.3) is 0 Å². The molecule has 0 bridgehead atoms. The molecule has 1 atom stereocenters. The average Bonchev–Trinajstić information content (AvgIpc) is 2.56. The number of carboxylic acids is 1. The number of methoxy groups -OCH3 is 1. The molecule has 25 heavy (non-hydrogen) atoms. The van der Waals surface area contributed by atoms with Crippen molar-refractivity contribution in [1.29, 1.82) is 0 Å². The van der Waals surface area contributed by atoms with Crippen LogP contribution >= 0.6 is 11.6 Å². The highest BCUT2D eigenvalue weighted by Gasteiger charge is 2.18. The zero-order valence-electron chi connectivity index (χ0n) is 13.9. The van der Waals surface area contributed by atoms with Crippen molar-refractivity contribution in [3.63, 3.8) is 0 Å². The number of carbonyl (C=O) groups excluding carboxylic acids is 1. The Kier molecular flexibility index (Phi) is 6.83. The summed E-state index contributed by atoms with van der Waals surface area (Å²) in [5.74, 6) is -0.577. The molecule has 0 radical (unpaired) electrons. The van der Waals surface area contributed by atoms with Crippen molar-refractivity contribution in [1.82, 2.24) is 5.32 Å². The molecule has 0 saturated carbocycles. The number of carboxylic acid groups (broad SMARTS) is 1. The van der Waals surface area contributed by atoms with E-state index in [0.29, 0.717) is 17.2 Å². The Morgan fingerprint density at radius 3 is 2.48 bits per heavy atom. The van der Waals surface area contributed by atoms with Crippen LogP contribution in [-0.2, 0) is 22.4 Å². The zero-order valence-corrected chi connectivity index (χ0v) is 14.6. The Bertz CT molecular complexity index is 730. The fraction of sp³-hybridized carbons (Fsp3) is 0.263. The highest BCUT2D eigenvalue weighted by Crippen LogP contribution is 2.18. The van der Waals surface area contributed by atoms with Crippen molar-refractivity contribution in [3.05, 3.63) is 64.7 Å². The lowest BCUT2D eigenvalue weighted by molar-refractivity contribution is -0.137. The Morgan fingerprint density at radius 2 is 1.84 bits per heavy atom. The number of rotatable bonds is 8. The van der Waals surface area contributed by atoms with Gasteiger partial charge < -0.3 is 15.2 Å². The van der Waals surface area contributed by atoms with E-state index in [4.69, 9.17) is 21.4 Å².